The lowest BCUT2D eigenvalue weighted by atomic mass is 9.86. The monoisotopic (exact) mass is 521 g/mol. The second-order valence-corrected chi connectivity index (χ2v) is 11.8. The Kier molecular flexibility index (Phi) is 6.08. The summed E-state index contributed by atoms with van der Waals surface area (Å²) in [4.78, 5) is 0. The Morgan fingerprint density at radius 3 is 2.08 bits per heavy atom. The molecule has 0 aliphatic heterocycles. The molecule has 0 saturated carbocycles. The van der Waals surface area contributed by atoms with Crippen molar-refractivity contribution in [3.8, 4) is 39.6 Å². The van der Waals surface area contributed by atoms with E-state index in [2.05, 4.69) is 131 Å². The van der Waals surface area contributed by atoms with Gasteiger partial charge in [0.05, 0.1) is 17.2 Å². The maximum Gasteiger partial charge on any atom is 0.216 e. The van der Waals surface area contributed by atoms with Gasteiger partial charge in [0.2, 0.25) is 5.69 Å². The third kappa shape index (κ3) is 4.27. The number of hydrogen-bond donors (Lipinski definition) is 0. The van der Waals surface area contributed by atoms with E-state index in [1.54, 1.807) is 0 Å². The number of nitriles is 1. The lowest BCUT2D eigenvalue weighted by Crippen LogP contribution is -2.31. The Morgan fingerprint density at radius 2 is 1.40 bits per heavy atom. The van der Waals surface area contributed by atoms with E-state index >= 15 is 0 Å². The van der Waals surface area contributed by atoms with Gasteiger partial charge in [0.25, 0.3) is 0 Å². The number of nitrogens with zero attached hydrogens (tertiary/aromatic N) is 2. The highest BCUT2D eigenvalue weighted by molar-refractivity contribution is 6.14. The van der Waals surface area contributed by atoms with Crippen LogP contribution in [-0.4, -0.2) is 0 Å². The molecule has 2 heterocycles. The van der Waals surface area contributed by atoms with Crippen LogP contribution in [0, 0.1) is 25.2 Å². The first kappa shape index (κ1) is 25.6. The maximum absolute atomic E-state index is 10.2. The van der Waals surface area contributed by atoms with E-state index in [0.29, 0.717) is 5.56 Å². The fraction of sp³-hybridized carbons (Fsp3) is 0.189. The van der Waals surface area contributed by atoms with Crippen molar-refractivity contribution in [2.75, 3.05) is 0 Å². The number of hydrogen-bond acceptors (Lipinski definition) is 2. The molecule has 0 spiro atoms. The van der Waals surface area contributed by atoms with Crippen LogP contribution >= 0.6 is 0 Å². The second kappa shape index (κ2) is 9.50. The zero-order valence-corrected chi connectivity index (χ0v) is 24.0. The quantitative estimate of drug-likeness (QED) is 0.218. The molecule has 3 nitrogen and oxygen atoms in total. The molecule has 0 N–H and O–H groups in total. The van der Waals surface area contributed by atoms with E-state index in [4.69, 9.17) is 4.42 Å². The van der Waals surface area contributed by atoms with Crippen molar-refractivity contribution < 1.29 is 8.98 Å². The van der Waals surface area contributed by atoms with Crippen LogP contribution in [0.15, 0.2) is 95.5 Å². The molecule has 40 heavy (non-hydrogen) atoms. The molecule has 0 radical (unpaired) electrons. The van der Waals surface area contributed by atoms with Crippen LogP contribution in [0.2, 0.25) is 0 Å². The molecule has 196 valence electrons. The molecule has 0 fully saturated rings. The minimum absolute atomic E-state index is 0.103. The van der Waals surface area contributed by atoms with Gasteiger partial charge >= 0.3 is 0 Å². The van der Waals surface area contributed by atoms with Crippen LogP contribution in [0.1, 0.15) is 43.0 Å². The molecule has 4 aromatic carbocycles. The summed E-state index contributed by atoms with van der Waals surface area (Å²) >= 11 is 0. The van der Waals surface area contributed by atoms with Crippen molar-refractivity contribution in [2.24, 2.45) is 7.05 Å². The number of rotatable bonds is 3. The smallest absolute Gasteiger partial charge is 0.216 e. The molecule has 2 aromatic heterocycles. The summed E-state index contributed by atoms with van der Waals surface area (Å²) in [6.07, 6.45) is 2.13. The number of benzene rings is 4. The molecule has 0 saturated heterocycles. The first-order valence-corrected chi connectivity index (χ1v) is 13.7. The van der Waals surface area contributed by atoms with Crippen molar-refractivity contribution in [3.63, 3.8) is 0 Å². The first-order chi connectivity index (χ1) is 19.2. The molecule has 0 amide bonds. The van der Waals surface area contributed by atoms with Gasteiger partial charge in [0.15, 0.2) is 6.20 Å². The van der Waals surface area contributed by atoms with Crippen LogP contribution in [0.4, 0.5) is 0 Å². The summed E-state index contributed by atoms with van der Waals surface area (Å²) < 4.78 is 8.92. The summed E-state index contributed by atoms with van der Waals surface area (Å²) in [5, 5.41) is 12.2. The lowest BCUT2D eigenvalue weighted by Gasteiger charge is -2.19. The molecule has 3 heteroatoms. The standard InChI is InChI=1S/C37H33N2O/c1-23-10-19-32(39(6)22-23)33-24(2)11-17-30-31-18-14-28(21-38)34(36(31)40-35(30)33)27-9-7-8-26(20-27)25-12-15-29(16-13-25)37(3,4)5/h7-20,22H,1-6H3/q+1. The van der Waals surface area contributed by atoms with Gasteiger partial charge in [-0.2, -0.15) is 5.26 Å². The average molecular weight is 522 g/mol. The van der Waals surface area contributed by atoms with Gasteiger partial charge in [0.1, 0.15) is 18.2 Å². The molecule has 0 bridgehead atoms. The van der Waals surface area contributed by atoms with Crippen LogP contribution < -0.4 is 4.57 Å². The fourth-order valence-electron chi connectivity index (χ4n) is 5.72. The van der Waals surface area contributed by atoms with Crippen LogP contribution in [0.3, 0.4) is 0 Å². The third-order valence-electron chi connectivity index (χ3n) is 7.91. The van der Waals surface area contributed by atoms with Gasteiger partial charge < -0.3 is 4.42 Å². The van der Waals surface area contributed by atoms with E-state index in [0.717, 1.165) is 61.0 Å². The zero-order valence-electron chi connectivity index (χ0n) is 24.0. The molecule has 0 aliphatic carbocycles. The molecular weight excluding hydrogens is 488 g/mol. The number of aromatic nitrogens is 1. The highest BCUT2D eigenvalue weighted by Gasteiger charge is 2.23. The Hall–Kier alpha value is -4.68. The number of aryl methyl sites for hydroxylation is 3. The first-order valence-electron chi connectivity index (χ1n) is 13.7. The maximum atomic E-state index is 10.2. The predicted octanol–water partition coefficient (Wildman–Crippen LogP) is 9.20. The predicted molar refractivity (Wildman–Crippen MR) is 164 cm³/mol. The topological polar surface area (TPSA) is 40.8 Å². The molecule has 0 unspecified atom stereocenters. The van der Waals surface area contributed by atoms with Gasteiger partial charge in [-0.05, 0) is 71.3 Å². The third-order valence-corrected chi connectivity index (χ3v) is 7.91. The van der Waals surface area contributed by atoms with Gasteiger partial charge in [-0.25, -0.2) is 4.57 Å². The van der Waals surface area contributed by atoms with Crippen molar-refractivity contribution in [1.29, 1.82) is 5.26 Å². The van der Waals surface area contributed by atoms with Crippen molar-refractivity contribution in [3.05, 3.63) is 113 Å². The SMILES string of the molecule is Cc1ccc(-c2c(C)ccc3c2oc2c(-c4cccc(-c5ccc(C(C)(C)C)cc5)c4)c(C#N)ccc23)[n+](C)c1. The van der Waals surface area contributed by atoms with Crippen molar-refractivity contribution >= 4 is 21.9 Å². The molecule has 6 rings (SSSR count). The average Bonchev–Trinajstić information content (AvgIpc) is 3.31. The lowest BCUT2D eigenvalue weighted by molar-refractivity contribution is -0.660. The molecule has 0 aliphatic rings. The largest absolute Gasteiger partial charge is 0.454 e. The summed E-state index contributed by atoms with van der Waals surface area (Å²) in [6.45, 7) is 10.9. The Labute approximate surface area is 236 Å². The summed E-state index contributed by atoms with van der Waals surface area (Å²) in [7, 11) is 2.07. The number of pyridine rings is 1. The van der Waals surface area contributed by atoms with E-state index < -0.39 is 0 Å². The summed E-state index contributed by atoms with van der Waals surface area (Å²) in [5.41, 5.74) is 12.2. The second-order valence-electron chi connectivity index (χ2n) is 11.8. The van der Waals surface area contributed by atoms with Crippen molar-refractivity contribution in [1.82, 2.24) is 0 Å². The Morgan fingerprint density at radius 1 is 0.725 bits per heavy atom. The zero-order chi connectivity index (χ0) is 28.2. The highest BCUT2D eigenvalue weighted by atomic mass is 16.3. The van der Waals surface area contributed by atoms with Gasteiger partial charge in [-0.15, -0.1) is 0 Å². The van der Waals surface area contributed by atoms with E-state index in [-0.39, 0.29) is 5.41 Å². The van der Waals surface area contributed by atoms with Crippen molar-refractivity contribution in [2.45, 2.75) is 40.0 Å². The van der Waals surface area contributed by atoms with Gasteiger partial charge in [-0.3, -0.25) is 0 Å². The fourth-order valence-corrected chi connectivity index (χ4v) is 5.72. The van der Waals surface area contributed by atoms with Crippen LogP contribution in [-0.2, 0) is 12.5 Å². The summed E-state index contributed by atoms with van der Waals surface area (Å²) in [6, 6.07) is 32.2. The van der Waals surface area contributed by atoms with Gasteiger partial charge in [-0.1, -0.05) is 75.4 Å². The van der Waals surface area contributed by atoms with Crippen LogP contribution in [0.25, 0.3) is 55.4 Å². The highest BCUT2D eigenvalue weighted by Crippen LogP contribution is 2.42. The minimum atomic E-state index is 0.103. The van der Waals surface area contributed by atoms with E-state index in [9.17, 15) is 5.26 Å². The molecular formula is C37H33N2O+. The van der Waals surface area contributed by atoms with E-state index in [1.165, 1.54) is 11.1 Å². The molecule has 6 aromatic rings. The molecule has 0 atom stereocenters. The Balaban J connectivity index is 1.57. The minimum Gasteiger partial charge on any atom is -0.454 e. The van der Waals surface area contributed by atoms with Crippen LogP contribution in [0.5, 0.6) is 0 Å². The summed E-state index contributed by atoms with van der Waals surface area (Å²) in [5.74, 6) is 0. The number of furan rings is 1. The van der Waals surface area contributed by atoms with Gasteiger partial charge in [0, 0.05) is 28.0 Å². The van der Waals surface area contributed by atoms with E-state index in [1.807, 2.05) is 12.1 Å². The Bertz CT molecular complexity index is 1960. The normalized spacial score (nSPS) is 11.7. The number of fused-ring (bicyclic) bond motifs is 3.